The maximum atomic E-state index is 12.5. The third-order valence-electron chi connectivity index (χ3n) is 11.2. The molecule has 13 atom stereocenters. The Balaban J connectivity index is 1.47. The Morgan fingerprint density at radius 2 is 1.66 bits per heavy atom. The third-order valence-corrected chi connectivity index (χ3v) is 12.1. The lowest BCUT2D eigenvalue weighted by molar-refractivity contribution is -0.181. The summed E-state index contributed by atoms with van der Waals surface area (Å²) in [6.45, 7) is 5.71. The highest BCUT2D eigenvalue weighted by Gasteiger charge is 2.67. The van der Waals surface area contributed by atoms with Gasteiger partial charge in [-0.05, 0) is 91.3 Å². The van der Waals surface area contributed by atoms with E-state index in [1.54, 1.807) is 0 Å². The van der Waals surface area contributed by atoms with E-state index >= 15 is 0 Å². The van der Waals surface area contributed by atoms with Gasteiger partial charge in [-0.15, -0.1) is 0 Å². The maximum Gasteiger partial charge on any atom is 0.266 e. The van der Waals surface area contributed by atoms with Crippen molar-refractivity contribution in [3.05, 3.63) is 0 Å². The molecule has 4 fully saturated rings. The van der Waals surface area contributed by atoms with Crippen LogP contribution in [0.5, 0.6) is 0 Å². The van der Waals surface area contributed by atoms with Crippen LogP contribution in [0.15, 0.2) is 0 Å². The van der Waals surface area contributed by atoms with E-state index in [4.69, 9.17) is 4.55 Å². The second kappa shape index (κ2) is 10.9. The fourth-order valence-electron chi connectivity index (χ4n) is 9.63. The van der Waals surface area contributed by atoms with E-state index in [1.807, 2.05) is 6.92 Å². The Bertz CT molecular complexity index is 978. The van der Waals surface area contributed by atoms with Gasteiger partial charge in [-0.2, -0.15) is 8.42 Å². The van der Waals surface area contributed by atoms with Gasteiger partial charge in [0.15, 0.2) is 0 Å². The summed E-state index contributed by atoms with van der Waals surface area (Å²) in [7, 11) is -4.35. The lowest BCUT2D eigenvalue weighted by atomic mass is 9.43. The minimum atomic E-state index is -4.35. The van der Waals surface area contributed by atoms with Crippen molar-refractivity contribution >= 4 is 16.0 Å². The zero-order valence-corrected chi connectivity index (χ0v) is 23.6. The van der Waals surface area contributed by atoms with Crippen molar-refractivity contribution in [1.82, 2.24) is 5.32 Å². The molecule has 0 aromatic carbocycles. The van der Waals surface area contributed by atoms with Gasteiger partial charge in [0.2, 0.25) is 5.91 Å². The van der Waals surface area contributed by atoms with E-state index in [0.29, 0.717) is 25.2 Å². The quantitative estimate of drug-likeness (QED) is 0.210. The molecule has 4 saturated carbocycles. The van der Waals surface area contributed by atoms with Crippen molar-refractivity contribution in [3.63, 3.8) is 0 Å². The summed E-state index contributed by atoms with van der Waals surface area (Å²) in [5.74, 6) is -1.36. The van der Waals surface area contributed by atoms with E-state index < -0.39 is 52.7 Å². The lowest BCUT2D eigenvalue weighted by Crippen LogP contribution is -2.59. The number of carbonyl (C=O) groups is 1. The topological polar surface area (TPSA) is 185 Å². The van der Waals surface area contributed by atoms with Crippen LogP contribution in [0, 0.1) is 46.3 Å². The van der Waals surface area contributed by atoms with Crippen LogP contribution < -0.4 is 5.32 Å². The molecule has 0 radical (unpaired) electrons. The van der Waals surface area contributed by atoms with E-state index in [0.717, 1.165) is 25.7 Å². The highest BCUT2D eigenvalue weighted by Crippen LogP contribution is 2.68. The van der Waals surface area contributed by atoms with Gasteiger partial charge in [0.25, 0.3) is 10.1 Å². The van der Waals surface area contributed by atoms with E-state index in [-0.39, 0.29) is 52.9 Å². The predicted molar refractivity (Wildman–Crippen MR) is 139 cm³/mol. The number of aliphatic hydroxyl groups is 5. The van der Waals surface area contributed by atoms with Crippen LogP contribution in [-0.4, -0.2) is 87.2 Å². The Hall–Kier alpha value is -0.820. The van der Waals surface area contributed by atoms with Gasteiger partial charge >= 0.3 is 0 Å². The van der Waals surface area contributed by atoms with Gasteiger partial charge in [0.05, 0.1) is 42.8 Å². The SMILES string of the molecule is C[C@H](CCC(=O)N[C@@H](CO)CS(=O)(=O)O)[C@H]1[C@@H](O)C(O)C2C3C[C@H](O)[C@H]4C[C@@H](O)CC[C@]4(C)C3CC[C@@]21C. The highest BCUT2D eigenvalue weighted by atomic mass is 32.2. The number of hydrogen-bond donors (Lipinski definition) is 7. The molecule has 38 heavy (non-hydrogen) atoms. The Morgan fingerprint density at radius 3 is 2.29 bits per heavy atom. The van der Waals surface area contributed by atoms with Crippen LogP contribution in [0.25, 0.3) is 0 Å². The second-order valence-electron chi connectivity index (χ2n) is 13.4. The molecule has 4 aliphatic rings. The molecule has 0 aromatic rings. The molecule has 4 aliphatic carbocycles. The summed E-state index contributed by atoms with van der Waals surface area (Å²) in [5, 5.41) is 56.0. The number of rotatable bonds is 8. The zero-order valence-electron chi connectivity index (χ0n) is 22.7. The first kappa shape index (κ1) is 30.1. The van der Waals surface area contributed by atoms with E-state index in [9.17, 15) is 38.7 Å². The van der Waals surface area contributed by atoms with Crippen molar-refractivity contribution in [3.8, 4) is 0 Å². The molecule has 4 rings (SSSR count). The average Bonchev–Trinajstić information content (AvgIpc) is 3.02. The summed E-state index contributed by atoms with van der Waals surface area (Å²) in [6.07, 6.45) is 2.14. The van der Waals surface area contributed by atoms with Crippen LogP contribution in [-0.2, 0) is 14.9 Å². The molecule has 7 N–H and O–H groups in total. The number of nitrogens with one attached hydrogen (secondary N) is 1. The molecule has 0 saturated heterocycles. The van der Waals surface area contributed by atoms with Crippen LogP contribution in [0.3, 0.4) is 0 Å². The molecule has 0 bridgehead atoms. The van der Waals surface area contributed by atoms with Crippen molar-refractivity contribution in [2.45, 2.75) is 103 Å². The molecule has 0 aromatic heterocycles. The van der Waals surface area contributed by atoms with Crippen molar-refractivity contribution < 1.29 is 43.3 Å². The summed E-state index contributed by atoms with van der Waals surface area (Å²) in [4.78, 5) is 12.5. The Morgan fingerprint density at radius 1 is 1.00 bits per heavy atom. The largest absolute Gasteiger partial charge is 0.394 e. The first-order valence-corrected chi connectivity index (χ1v) is 15.8. The van der Waals surface area contributed by atoms with Crippen molar-refractivity contribution in [1.29, 1.82) is 0 Å². The number of fused-ring (bicyclic) bond motifs is 5. The van der Waals surface area contributed by atoms with Gasteiger partial charge in [-0.3, -0.25) is 9.35 Å². The smallest absolute Gasteiger partial charge is 0.266 e. The highest BCUT2D eigenvalue weighted by molar-refractivity contribution is 7.85. The standard InChI is InChI=1S/C27H47NO9S/c1-14(4-5-21(32)28-15(12-29)13-38(35,36)37)22-24(33)25(34)23-17-11-20(31)19-10-16(30)6-8-26(19,2)18(17)7-9-27(22,23)3/h14-20,22-25,29-31,33-34H,4-13H2,1-3H3,(H,28,32)(H,35,36,37)/t14-,15+,16+,17?,18?,19-,20+,22+,23?,24-,25?,26-,27-/m1/s1. The molecule has 4 unspecified atom stereocenters. The van der Waals surface area contributed by atoms with Crippen molar-refractivity contribution in [2.24, 2.45) is 46.3 Å². The minimum Gasteiger partial charge on any atom is -0.394 e. The van der Waals surface area contributed by atoms with E-state index in [1.165, 1.54) is 0 Å². The fraction of sp³-hybridized carbons (Fsp3) is 0.963. The molecule has 0 spiro atoms. The van der Waals surface area contributed by atoms with Crippen LogP contribution in [0.2, 0.25) is 0 Å². The van der Waals surface area contributed by atoms with Gasteiger partial charge < -0.3 is 30.8 Å². The molecular weight excluding hydrogens is 514 g/mol. The molecule has 0 heterocycles. The van der Waals surface area contributed by atoms with E-state index in [2.05, 4.69) is 19.2 Å². The number of amides is 1. The molecule has 11 heteroatoms. The predicted octanol–water partition coefficient (Wildman–Crippen LogP) is 0.700. The van der Waals surface area contributed by atoms with Crippen molar-refractivity contribution in [2.75, 3.05) is 12.4 Å². The summed E-state index contributed by atoms with van der Waals surface area (Å²) in [5.41, 5.74) is -0.480. The summed E-state index contributed by atoms with van der Waals surface area (Å²) < 4.78 is 31.2. The number of aliphatic hydroxyl groups excluding tert-OH is 5. The molecule has 1 amide bonds. The Kier molecular flexibility index (Phi) is 8.62. The van der Waals surface area contributed by atoms with Crippen LogP contribution >= 0.6 is 0 Å². The average molecular weight is 562 g/mol. The van der Waals surface area contributed by atoms with Crippen LogP contribution in [0.1, 0.15) is 72.1 Å². The maximum absolute atomic E-state index is 12.5. The summed E-state index contributed by atoms with van der Waals surface area (Å²) in [6, 6.07) is -1.10. The third kappa shape index (κ3) is 5.41. The Labute approximate surface area is 226 Å². The molecule has 10 nitrogen and oxygen atoms in total. The minimum absolute atomic E-state index is 0.0390. The van der Waals surface area contributed by atoms with Gasteiger partial charge in [0.1, 0.15) is 0 Å². The monoisotopic (exact) mass is 561 g/mol. The first-order valence-electron chi connectivity index (χ1n) is 14.2. The van der Waals surface area contributed by atoms with Gasteiger partial charge in [0, 0.05) is 6.42 Å². The van der Waals surface area contributed by atoms with Crippen LogP contribution in [0.4, 0.5) is 0 Å². The number of carbonyl (C=O) groups excluding carboxylic acids is 1. The zero-order chi connectivity index (χ0) is 28.2. The van der Waals surface area contributed by atoms with Gasteiger partial charge in [-0.25, -0.2) is 0 Å². The molecule has 220 valence electrons. The summed E-state index contributed by atoms with van der Waals surface area (Å²) >= 11 is 0. The lowest BCUT2D eigenvalue weighted by Gasteiger charge is -2.62. The second-order valence-corrected chi connectivity index (χ2v) is 14.9. The normalized spacial score (nSPS) is 46.4. The molecular formula is C27H47NO9S. The number of hydrogen-bond acceptors (Lipinski definition) is 8. The first-order chi connectivity index (χ1) is 17.6. The molecule has 0 aliphatic heterocycles. The van der Waals surface area contributed by atoms with Gasteiger partial charge in [-0.1, -0.05) is 20.8 Å². The fourth-order valence-corrected chi connectivity index (χ4v) is 10.3.